The van der Waals surface area contributed by atoms with E-state index < -0.39 is 5.60 Å². The van der Waals surface area contributed by atoms with E-state index >= 15 is 0 Å². The number of guanidine groups is 1. The third-order valence-electron chi connectivity index (χ3n) is 4.39. The molecule has 7 nitrogen and oxygen atoms in total. The number of hydrogen-bond acceptors (Lipinski definition) is 4. The first-order chi connectivity index (χ1) is 11.3. The number of halogens is 1. The average molecular weight is 467 g/mol. The molecule has 0 spiro atoms. The van der Waals surface area contributed by atoms with E-state index in [9.17, 15) is 4.79 Å². The number of carbonyl (C=O) groups excluding carboxylic acids is 1. The summed E-state index contributed by atoms with van der Waals surface area (Å²) in [6.45, 7) is 12.5. The summed E-state index contributed by atoms with van der Waals surface area (Å²) in [6, 6.07) is 0. The van der Waals surface area contributed by atoms with Gasteiger partial charge in [-0.1, -0.05) is 0 Å². The van der Waals surface area contributed by atoms with E-state index in [4.69, 9.17) is 10.5 Å². The van der Waals surface area contributed by atoms with Crippen LogP contribution in [-0.4, -0.2) is 84.7 Å². The molecule has 0 aromatic rings. The molecule has 0 aliphatic carbocycles. The van der Waals surface area contributed by atoms with E-state index in [0.29, 0.717) is 19.0 Å². The van der Waals surface area contributed by atoms with Gasteiger partial charge in [0.05, 0.1) is 6.54 Å². The minimum Gasteiger partial charge on any atom is -0.444 e. The van der Waals surface area contributed by atoms with Crippen LogP contribution in [0.1, 0.15) is 40.0 Å². The maximum absolute atomic E-state index is 12.0. The Kier molecular flexibility index (Phi) is 9.26. The van der Waals surface area contributed by atoms with Gasteiger partial charge < -0.3 is 20.3 Å². The summed E-state index contributed by atoms with van der Waals surface area (Å²) in [5.74, 6) is 0.682. The van der Waals surface area contributed by atoms with Crippen molar-refractivity contribution in [1.82, 2.24) is 14.7 Å². The maximum Gasteiger partial charge on any atom is 0.410 e. The lowest BCUT2D eigenvalue weighted by Gasteiger charge is -2.35. The Balaban J connectivity index is 0.00000312. The second kappa shape index (κ2) is 10.4. The lowest BCUT2D eigenvalue weighted by Crippen LogP contribution is -2.50. The Morgan fingerprint density at radius 3 is 2.16 bits per heavy atom. The average Bonchev–Trinajstić information content (AvgIpc) is 2.54. The summed E-state index contributed by atoms with van der Waals surface area (Å²) < 4.78 is 5.42. The SMILES string of the molecule is CC(C)(C)OC(=O)N1CCN(CCN=C(N)N2CCCCC2)CC1.I. The standard InChI is InChI=1S/C17H33N5O2.HI/c1-17(2,3)24-16(23)22-13-11-20(12-14-22)10-7-19-15(18)21-8-5-4-6-9-21;/h4-14H2,1-3H3,(H2,18,19);1H. The summed E-state index contributed by atoms with van der Waals surface area (Å²) in [7, 11) is 0. The summed E-state index contributed by atoms with van der Waals surface area (Å²) in [5.41, 5.74) is 5.64. The van der Waals surface area contributed by atoms with E-state index in [1.807, 2.05) is 20.8 Å². The van der Waals surface area contributed by atoms with Crippen LogP contribution in [0.25, 0.3) is 0 Å². The normalized spacial score (nSPS) is 20.2. The largest absolute Gasteiger partial charge is 0.444 e. The van der Waals surface area contributed by atoms with Crippen molar-refractivity contribution in [2.24, 2.45) is 10.7 Å². The Hall–Kier alpha value is -0.770. The molecule has 2 fully saturated rings. The van der Waals surface area contributed by atoms with Gasteiger partial charge in [-0.3, -0.25) is 9.89 Å². The van der Waals surface area contributed by atoms with Crippen LogP contribution < -0.4 is 5.73 Å². The zero-order valence-corrected chi connectivity index (χ0v) is 18.2. The van der Waals surface area contributed by atoms with Gasteiger partial charge in [-0.25, -0.2) is 4.79 Å². The summed E-state index contributed by atoms with van der Waals surface area (Å²) in [5, 5.41) is 0. The van der Waals surface area contributed by atoms with Gasteiger partial charge in [0, 0.05) is 45.8 Å². The molecule has 25 heavy (non-hydrogen) atoms. The first kappa shape index (κ1) is 22.3. The Bertz CT molecular complexity index is 439. The third kappa shape index (κ3) is 7.98. The molecule has 0 saturated carbocycles. The molecule has 2 aliphatic rings. The van der Waals surface area contributed by atoms with Gasteiger partial charge in [-0.15, -0.1) is 24.0 Å². The van der Waals surface area contributed by atoms with Gasteiger partial charge >= 0.3 is 6.09 Å². The van der Waals surface area contributed by atoms with Gasteiger partial charge in [-0.2, -0.15) is 0 Å². The topological polar surface area (TPSA) is 74.4 Å². The second-order valence-corrected chi connectivity index (χ2v) is 7.60. The second-order valence-electron chi connectivity index (χ2n) is 7.60. The first-order valence-corrected chi connectivity index (χ1v) is 9.10. The van der Waals surface area contributed by atoms with E-state index in [1.54, 1.807) is 4.90 Å². The van der Waals surface area contributed by atoms with Crippen LogP contribution in [0.3, 0.4) is 0 Å². The Morgan fingerprint density at radius 1 is 1.00 bits per heavy atom. The molecule has 2 heterocycles. The van der Waals surface area contributed by atoms with Gasteiger partial charge in [0.25, 0.3) is 0 Å². The molecule has 8 heteroatoms. The number of piperazine rings is 1. The third-order valence-corrected chi connectivity index (χ3v) is 4.39. The minimum absolute atomic E-state index is 0. The molecule has 0 bridgehead atoms. The number of aliphatic imine (C=N–C) groups is 1. The highest BCUT2D eigenvalue weighted by Crippen LogP contribution is 2.12. The fourth-order valence-corrected chi connectivity index (χ4v) is 3.01. The van der Waals surface area contributed by atoms with Crippen LogP contribution >= 0.6 is 24.0 Å². The zero-order chi connectivity index (χ0) is 17.6. The summed E-state index contributed by atoms with van der Waals surface area (Å²) in [6.07, 6.45) is 3.51. The fourth-order valence-electron chi connectivity index (χ4n) is 3.01. The van der Waals surface area contributed by atoms with Crippen LogP contribution in [0.5, 0.6) is 0 Å². The number of piperidine rings is 1. The molecule has 0 aromatic heterocycles. The van der Waals surface area contributed by atoms with Gasteiger partial charge in [0.15, 0.2) is 5.96 Å². The molecule has 0 atom stereocenters. The number of likely N-dealkylation sites (tertiary alicyclic amines) is 1. The predicted molar refractivity (Wildman–Crippen MR) is 112 cm³/mol. The van der Waals surface area contributed by atoms with Crippen molar-refractivity contribution >= 4 is 36.0 Å². The molecule has 2 rings (SSSR count). The van der Waals surface area contributed by atoms with Gasteiger partial charge in [0.2, 0.25) is 0 Å². The molecule has 0 radical (unpaired) electrons. The first-order valence-electron chi connectivity index (χ1n) is 9.10. The number of rotatable bonds is 3. The number of carbonyl (C=O) groups is 1. The lowest BCUT2D eigenvalue weighted by molar-refractivity contribution is 0.0148. The predicted octanol–water partition coefficient (Wildman–Crippen LogP) is 1.96. The minimum atomic E-state index is -0.436. The molecular formula is C17H34IN5O2. The van der Waals surface area contributed by atoms with Crippen LogP contribution in [-0.2, 0) is 4.74 Å². The van der Waals surface area contributed by atoms with Crippen LogP contribution in [0.2, 0.25) is 0 Å². The zero-order valence-electron chi connectivity index (χ0n) is 15.9. The molecular weight excluding hydrogens is 433 g/mol. The molecule has 146 valence electrons. The Morgan fingerprint density at radius 2 is 1.60 bits per heavy atom. The molecule has 0 aromatic carbocycles. The van der Waals surface area contributed by atoms with E-state index in [0.717, 1.165) is 39.3 Å². The van der Waals surface area contributed by atoms with Gasteiger partial charge in [0.1, 0.15) is 5.60 Å². The van der Waals surface area contributed by atoms with E-state index in [1.165, 1.54) is 19.3 Å². The van der Waals surface area contributed by atoms with Crippen molar-refractivity contribution < 1.29 is 9.53 Å². The van der Waals surface area contributed by atoms with Crippen molar-refractivity contribution in [2.45, 2.75) is 45.6 Å². The van der Waals surface area contributed by atoms with Crippen LogP contribution in [0.4, 0.5) is 4.79 Å². The summed E-state index contributed by atoms with van der Waals surface area (Å²) >= 11 is 0. The van der Waals surface area contributed by atoms with Crippen molar-refractivity contribution in [1.29, 1.82) is 0 Å². The van der Waals surface area contributed by atoms with Crippen molar-refractivity contribution in [3.63, 3.8) is 0 Å². The number of hydrogen-bond donors (Lipinski definition) is 1. The van der Waals surface area contributed by atoms with Crippen LogP contribution in [0, 0.1) is 0 Å². The number of ether oxygens (including phenoxy) is 1. The van der Waals surface area contributed by atoms with Crippen LogP contribution in [0.15, 0.2) is 4.99 Å². The maximum atomic E-state index is 12.0. The molecule has 0 unspecified atom stereocenters. The number of nitrogens with zero attached hydrogens (tertiary/aromatic N) is 4. The van der Waals surface area contributed by atoms with E-state index in [2.05, 4.69) is 14.8 Å². The smallest absolute Gasteiger partial charge is 0.410 e. The highest BCUT2D eigenvalue weighted by Gasteiger charge is 2.25. The van der Waals surface area contributed by atoms with Crippen molar-refractivity contribution in [3.8, 4) is 0 Å². The molecule has 1 amide bonds. The Labute approximate surface area is 169 Å². The summed E-state index contributed by atoms with van der Waals surface area (Å²) in [4.78, 5) is 22.9. The van der Waals surface area contributed by atoms with E-state index in [-0.39, 0.29) is 30.1 Å². The monoisotopic (exact) mass is 467 g/mol. The molecule has 2 saturated heterocycles. The lowest BCUT2D eigenvalue weighted by atomic mass is 10.1. The fraction of sp³-hybridized carbons (Fsp3) is 0.882. The quantitative estimate of drug-likeness (QED) is 0.390. The van der Waals surface area contributed by atoms with Crippen molar-refractivity contribution in [2.75, 3.05) is 52.4 Å². The molecule has 2 N–H and O–H groups in total. The van der Waals surface area contributed by atoms with Gasteiger partial charge in [-0.05, 0) is 40.0 Å². The number of amides is 1. The highest BCUT2D eigenvalue weighted by atomic mass is 127. The number of nitrogens with two attached hydrogens (primary N) is 1. The highest BCUT2D eigenvalue weighted by molar-refractivity contribution is 14.0. The van der Waals surface area contributed by atoms with Crippen molar-refractivity contribution in [3.05, 3.63) is 0 Å². The molecule has 2 aliphatic heterocycles.